The van der Waals surface area contributed by atoms with E-state index in [1.54, 1.807) is 0 Å². The highest BCUT2D eigenvalue weighted by Gasteiger charge is 2.22. The molecule has 6 heteroatoms. The van der Waals surface area contributed by atoms with Crippen LogP contribution in [0.25, 0.3) is 22.3 Å². The molecule has 1 N–H and O–H groups in total. The number of hydrogen-bond acceptors (Lipinski definition) is 4. The molecule has 2 aromatic carbocycles. The van der Waals surface area contributed by atoms with E-state index in [0.29, 0.717) is 40.4 Å². The Kier molecular flexibility index (Phi) is 9.53. The van der Waals surface area contributed by atoms with Crippen molar-refractivity contribution in [2.45, 2.75) is 79.1 Å². The van der Waals surface area contributed by atoms with Gasteiger partial charge in [0.1, 0.15) is 11.6 Å². The lowest BCUT2D eigenvalue weighted by Gasteiger charge is -2.19. The molecule has 34 heavy (non-hydrogen) atoms. The van der Waals surface area contributed by atoms with Crippen molar-refractivity contribution in [3.05, 3.63) is 57.9 Å². The minimum Gasteiger partial charge on any atom is -0.442 e. The highest BCUT2D eigenvalue weighted by atomic mass is 31.2. The molecule has 0 spiro atoms. The molecule has 0 saturated carbocycles. The zero-order valence-electron chi connectivity index (χ0n) is 21.2. The van der Waals surface area contributed by atoms with Crippen LogP contribution in [0.2, 0.25) is 0 Å². The molecule has 0 fully saturated rings. The zero-order valence-corrected chi connectivity index (χ0v) is 22.0. The van der Waals surface area contributed by atoms with Gasteiger partial charge >= 0.3 is 0 Å². The molecule has 1 aromatic heterocycles. The van der Waals surface area contributed by atoms with E-state index in [0.717, 1.165) is 43.2 Å². The van der Waals surface area contributed by atoms with E-state index >= 15 is 0 Å². The van der Waals surface area contributed by atoms with Gasteiger partial charge in [0.2, 0.25) is 7.37 Å². The third-order valence-corrected chi connectivity index (χ3v) is 8.89. The fourth-order valence-corrected chi connectivity index (χ4v) is 5.38. The van der Waals surface area contributed by atoms with Gasteiger partial charge in [-0.25, -0.2) is 4.98 Å². The maximum atomic E-state index is 13.1. The van der Waals surface area contributed by atoms with E-state index in [9.17, 15) is 9.36 Å². The van der Waals surface area contributed by atoms with Crippen LogP contribution in [-0.4, -0.2) is 22.3 Å². The highest BCUT2D eigenvalue weighted by molar-refractivity contribution is 7.59. The topological polar surface area (TPSA) is 72.0 Å². The quantitative estimate of drug-likeness (QED) is 0.200. The Morgan fingerprint density at radius 2 is 1.47 bits per heavy atom. The summed E-state index contributed by atoms with van der Waals surface area (Å²) >= 11 is 0. The Morgan fingerprint density at radius 1 is 0.853 bits per heavy atom. The van der Waals surface area contributed by atoms with Crippen molar-refractivity contribution in [1.82, 2.24) is 9.97 Å². The minimum atomic E-state index is -2.79. The van der Waals surface area contributed by atoms with Crippen LogP contribution in [0.1, 0.15) is 77.3 Å². The Hall–Kier alpha value is -2.39. The minimum absolute atomic E-state index is 0.158. The van der Waals surface area contributed by atoms with Crippen LogP contribution in [0.3, 0.4) is 0 Å². The van der Waals surface area contributed by atoms with E-state index in [-0.39, 0.29) is 5.56 Å². The van der Waals surface area contributed by atoms with Crippen molar-refractivity contribution >= 4 is 18.3 Å². The Labute approximate surface area is 203 Å². The van der Waals surface area contributed by atoms with Crippen molar-refractivity contribution in [1.29, 1.82) is 0 Å². The van der Waals surface area contributed by atoms with E-state index in [2.05, 4.69) is 24.9 Å². The summed E-state index contributed by atoms with van der Waals surface area (Å²) in [5, 5.41) is 0.604. The van der Waals surface area contributed by atoms with Crippen LogP contribution >= 0.6 is 7.37 Å². The molecule has 0 unspecified atom stereocenters. The first-order valence-corrected chi connectivity index (χ1v) is 14.9. The van der Waals surface area contributed by atoms with Gasteiger partial charge in [0, 0.05) is 12.3 Å². The number of nitrogens with zero attached hydrogens (tertiary/aromatic N) is 1. The van der Waals surface area contributed by atoms with Crippen molar-refractivity contribution in [2.24, 2.45) is 0 Å². The lowest BCUT2D eigenvalue weighted by molar-refractivity contribution is 0.484. The zero-order chi connectivity index (χ0) is 24.6. The Bertz CT molecular complexity index is 1190. The van der Waals surface area contributed by atoms with Crippen LogP contribution in [0.5, 0.6) is 5.75 Å². The summed E-state index contributed by atoms with van der Waals surface area (Å²) in [5.74, 6) is 0.979. The van der Waals surface area contributed by atoms with Crippen LogP contribution in [0, 0.1) is 0 Å². The average molecular weight is 483 g/mol. The molecule has 5 nitrogen and oxygen atoms in total. The van der Waals surface area contributed by atoms with Crippen LogP contribution < -0.4 is 10.1 Å². The first-order valence-electron chi connectivity index (χ1n) is 12.9. The molecule has 0 aliphatic heterocycles. The van der Waals surface area contributed by atoms with Gasteiger partial charge in [-0.15, -0.1) is 0 Å². The SMILES string of the molecule is CCCCCc1ccc(OP(=O)(CC)CC)c(-c2nc3ccc(CCCCC)cc3c(=O)[nH]2)c1. The molecular weight excluding hydrogens is 443 g/mol. The lowest BCUT2D eigenvalue weighted by Crippen LogP contribution is -2.11. The summed E-state index contributed by atoms with van der Waals surface area (Å²) in [6.07, 6.45) is 9.72. The van der Waals surface area contributed by atoms with Gasteiger partial charge in [-0.1, -0.05) is 65.5 Å². The number of aryl methyl sites for hydroxylation is 2. The summed E-state index contributed by atoms with van der Waals surface area (Å²) in [4.78, 5) is 20.8. The fraction of sp³-hybridized carbons (Fsp3) is 0.500. The molecule has 3 rings (SSSR count). The number of fused-ring (bicyclic) bond motifs is 1. The summed E-state index contributed by atoms with van der Waals surface area (Å²) < 4.78 is 19.2. The lowest BCUT2D eigenvalue weighted by atomic mass is 10.0. The van der Waals surface area contributed by atoms with Gasteiger partial charge in [0.05, 0.1) is 16.5 Å². The van der Waals surface area contributed by atoms with Crippen LogP contribution in [0.15, 0.2) is 41.2 Å². The second-order valence-electron chi connectivity index (χ2n) is 9.05. The summed E-state index contributed by atoms with van der Waals surface area (Å²) in [5.41, 5.74) is 3.52. The van der Waals surface area contributed by atoms with E-state index in [1.807, 2.05) is 44.2 Å². The molecule has 1 heterocycles. The number of benzene rings is 2. The Balaban J connectivity index is 2.04. The second-order valence-corrected chi connectivity index (χ2v) is 12.1. The number of unbranched alkanes of at least 4 members (excludes halogenated alkanes) is 4. The molecule has 0 saturated heterocycles. The van der Waals surface area contributed by atoms with Gasteiger partial charge in [0.15, 0.2) is 0 Å². The molecule has 3 aromatic rings. The summed E-state index contributed by atoms with van der Waals surface area (Å²) in [6.45, 7) is 8.15. The number of aromatic amines is 1. The maximum absolute atomic E-state index is 13.1. The maximum Gasteiger partial charge on any atom is 0.259 e. The van der Waals surface area contributed by atoms with Gasteiger partial charge in [-0.3, -0.25) is 9.36 Å². The van der Waals surface area contributed by atoms with Crippen molar-refractivity contribution in [2.75, 3.05) is 12.3 Å². The van der Waals surface area contributed by atoms with Crippen LogP contribution in [-0.2, 0) is 17.4 Å². The predicted octanol–water partition coefficient (Wildman–Crippen LogP) is 7.75. The van der Waals surface area contributed by atoms with Crippen molar-refractivity contribution in [3.8, 4) is 17.1 Å². The monoisotopic (exact) mass is 482 g/mol. The van der Waals surface area contributed by atoms with Gasteiger partial charge in [-0.05, 0) is 61.1 Å². The number of H-pyrrole nitrogens is 1. The first kappa shape index (κ1) is 26.2. The largest absolute Gasteiger partial charge is 0.442 e. The molecule has 0 aliphatic rings. The molecule has 0 radical (unpaired) electrons. The summed E-state index contributed by atoms with van der Waals surface area (Å²) in [7, 11) is -2.79. The van der Waals surface area contributed by atoms with Gasteiger partial charge in [-0.2, -0.15) is 0 Å². The number of hydrogen-bond donors (Lipinski definition) is 1. The Morgan fingerprint density at radius 3 is 2.09 bits per heavy atom. The van der Waals surface area contributed by atoms with E-state index in [1.165, 1.54) is 19.3 Å². The third kappa shape index (κ3) is 6.60. The normalized spacial score (nSPS) is 11.8. The van der Waals surface area contributed by atoms with Crippen LogP contribution in [0.4, 0.5) is 0 Å². The molecular formula is C28H39N2O3P. The van der Waals surface area contributed by atoms with Crippen molar-refractivity contribution in [3.63, 3.8) is 0 Å². The van der Waals surface area contributed by atoms with Gasteiger partial charge < -0.3 is 9.51 Å². The van der Waals surface area contributed by atoms with E-state index < -0.39 is 7.37 Å². The molecule has 0 atom stereocenters. The summed E-state index contributed by atoms with van der Waals surface area (Å²) in [6, 6.07) is 11.9. The molecule has 0 aliphatic carbocycles. The fourth-order valence-electron chi connectivity index (χ4n) is 4.16. The number of rotatable bonds is 13. The molecule has 0 bridgehead atoms. The standard InChI is InChI=1S/C28H39N2O3P/c1-5-9-11-13-21-15-17-25-23(19-21)28(31)30-27(29-25)24-20-22(14-12-10-6-2)16-18-26(24)33-34(32,7-3)8-4/h15-20H,5-14H2,1-4H3,(H,29,30,31). The smallest absolute Gasteiger partial charge is 0.259 e. The third-order valence-electron chi connectivity index (χ3n) is 6.44. The molecule has 0 amide bonds. The molecule has 184 valence electrons. The first-order chi connectivity index (χ1) is 16.4. The van der Waals surface area contributed by atoms with Gasteiger partial charge in [0.25, 0.3) is 5.56 Å². The number of aromatic nitrogens is 2. The highest BCUT2D eigenvalue weighted by Crippen LogP contribution is 2.48. The average Bonchev–Trinajstić information content (AvgIpc) is 2.85. The number of nitrogens with one attached hydrogen (secondary N) is 1. The van der Waals surface area contributed by atoms with E-state index in [4.69, 9.17) is 9.51 Å². The predicted molar refractivity (Wildman–Crippen MR) is 144 cm³/mol. The second kappa shape index (κ2) is 12.4. The van der Waals surface area contributed by atoms with Crippen molar-refractivity contribution < 1.29 is 9.09 Å².